The highest BCUT2D eigenvalue weighted by atomic mass is 35.5. The average molecular weight is 330 g/mol. The first-order valence-corrected chi connectivity index (χ1v) is 7.92. The molecular weight excluding hydrogens is 310 g/mol. The van der Waals surface area contributed by atoms with E-state index in [-0.39, 0.29) is 11.2 Å². The van der Waals surface area contributed by atoms with E-state index in [4.69, 9.17) is 16.7 Å². The van der Waals surface area contributed by atoms with Crippen molar-refractivity contribution in [3.8, 4) is 0 Å². The van der Waals surface area contributed by atoms with Crippen LogP contribution in [-0.4, -0.2) is 28.8 Å². The van der Waals surface area contributed by atoms with Gasteiger partial charge in [0.1, 0.15) is 0 Å². The number of nitrogens with one attached hydrogen (secondary N) is 1. The fourth-order valence-electron chi connectivity index (χ4n) is 1.53. The number of carbonyl (C=O) groups is 2. The van der Waals surface area contributed by atoms with Gasteiger partial charge in [-0.05, 0) is 39.3 Å². The molecule has 0 bridgehead atoms. The van der Waals surface area contributed by atoms with E-state index in [2.05, 4.69) is 5.32 Å². The zero-order chi connectivity index (χ0) is 16.0. The van der Waals surface area contributed by atoms with Crippen LogP contribution in [0.1, 0.15) is 27.2 Å². The summed E-state index contributed by atoms with van der Waals surface area (Å²) in [5.74, 6) is -0.989. The van der Waals surface area contributed by atoms with Crippen molar-refractivity contribution in [2.24, 2.45) is 5.41 Å². The van der Waals surface area contributed by atoms with E-state index in [1.165, 1.54) is 11.8 Å². The van der Waals surface area contributed by atoms with E-state index < -0.39 is 11.4 Å². The number of amides is 1. The van der Waals surface area contributed by atoms with Gasteiger partial charge in [0, 0.05) is 11.4 Å². The lowest BCUT2D eigenvalue weighted by Crippen LogP contribution is -2.35. The molecule has 0 aliphatic carbocycles. The van der Waals surface area contributed by atoms with Gasteiger partial charge in [0.15, 0.2) is 0 Å². The maximum Gasteiger partial charge on any atom is 0.309 e. The number of rotatable bonds is 7. The number of aliphatic carboxylic acids is 1. The van der Waals surface area contributed by atoms with Gasteiger partial charge in [0.2, 0.25) is 5.91 Å². The molecule has 0 aromatic heterocycles. The minimum Gasteiger partial charge on any atom is -0.481 e. The van der Waals surface area contributed by atoms with Crippen LogP contribution in [0, 0.1) is 5.41 Å². The van der Waals surface area contributed by atoms with Crippen molar-refractivity contribution < 1.29 is 14.7 Å². The molecule has 1 rings (SSSR count). The van der Waals surface area contributed by atoms with Crippen molar-refractivity contribution in [2.75, 3.05) is 6.54 Å². The first-order valence-electron chi connectivity index (χ1n) is 6.66. The first kappa shape index (κ1) is 17.9. The normalized spacial score (nSPS) is 12.8. The Balaban J connectivity index is 2.46. The van der Waals surface area contributed by atoms with E-state index in [9.17, 15) is 9.59 Å². The fraction of sp³-hybridized carbons (Fsp3) is 0.467. The zero-order valence-electron chi connectivity index (χ0n) is 12.4. The van der Waals surface area contributed by atoms with Gasteiger partial charge in [-0.2, -0.15) is 0 Å². The number of carbonyl (C=O) groups excluding carboxylic acids is 1. The Hall–Kier alpha value is -1.20. The molecule has 1 amide bonds. The molecule has 1 aromatic rings. The number of carboxylic acid groups (broad SMARTS) is 1. The molecule has 6 heteroatoms. The summed E-state index contributed by atoms with van der Waals surface area (Å²) in [5.41, 5.74) is -0.841. The van der Waals surface area contributed by atoms with Crippen molar-refractivity contribution in [2.45, 2.75) is 37.3 Å². The number of benzene rings is 1. The van der Waals surface area contributed by atoms with Gasteiger partial charge in [0.05, 0.1) is 15.7 Å². The van der Waals surface area contributed by atoms with Crippen LogP contribution in [0.5, 0.6) is 0 Å². The zero-order valence-corrected chi connectivity index (χ0v) is 13.9. The molecule has 1 atom stereocenters. The summed E-state index contributed by atoms with van der Waals surface area (Å²) in [6, 6.07) is 7.35. The highest BCUT2D eigenvalue weighted by Gasteiger charge is 2.27. The van der Waals surface area contributed by atoms with Crippen molar-refractivity contribution >= 4 is 35.2 Å². The SMILES string of the molecule is CC(Sc1ccccc1Cl)C(=O)NCCC(C)(C)C(=O)O. The molecule has 0 saturated heterocycles. The van der Waals surface area contributed by atoms with Gasteiger partial charge in [-0.25, -0.2) is 0 Å². The van der Waals surface area contributed by atoms with Crippen molar-refractivity contribution in [1.29, 1.82) is 0 Å². The lowest BCUT2D eigenvalue weighted by Gasteiger charge is -2.20. The first-order chi connectivity index (χ1) is 9.74. The minimum absolute atomic E-state index is 0.124. The summed E-state index contributed by atoms with van der Waals surface area (Å²) in [6.45, 7) is 5.42. The van der Waals surface area contributed by atoms with Crippen LogP contribution in [-0.2, 0) is 9.59 Å². The monoisotopic (exact) mass is 329 g/mol. The summed E-state index contributed by atoms with van der Waals surface area (Å²) >= 11 is 7.44. The second-order valence-corrected chi connectivity index (χ2v) is 7.21. The van der Waals surface area contributed by atoms with Gasteiger partial charge in [-0.15, -0.1) is 11.8 Å². The third-order valence-electron chi connectivity index (χ3n) is 3.14. The molecule has 0 aliphatic rings. The van der Waals surface area contributed by atoms with E-state index in [0.717, 1.165) is 4.90 Å². The molecule has 0 fully saturated rings. The van der Waals surface area contributed by atoms with E-state index in [1.54, 1.807) is 26.8 Å². The van der Waals surface area contributed by atoms with Crippen LogP contribution >= 0.6 is 23.4 Å². The highest BCUT2D eigenvalue weighted by Crippen LogP contribution is 2.30. The summed E-state index contributed by atoms with van der Waals surface area (Å²) in [7, 11) is 0. The summed E-state index contributed by atoms with van der Waals surface area (Å²) < 4.78 is 0. The lowest BCUT2D eigenvalue weighted by atomic mass is 9.90. The number of thioether (sulfide) groups is 1. The van der Waals surface area contributed by atoms with Crippen molar-refractivity contribution in [3.05, 3.63) is 29.3 Å². The summed E-state index contributed by atoms with van der Waals surface area (Å²) in [5, 5.41) is 12.1. The van der Waals surface area contributed by atoms with Crippen LogP contribution in [0.25, 0.3) is 0 Å². The van der Waals surface area contributed by atoms with E-state index in [1.807, 2.05) is 18.2 Å². The lowest BCUT2D eigenvalue weighted by molar-refractivity contribution is -0.147. The Labute approximate surface area is 134 Å². The molecule has 0 spiro atoms. The Morgan fingerprint density at radius 3 is 2.57 bits per heavy atom. The third kappa shape index (κ3) is 5.59. The minimum atomic E-state index is -0.866. The fourth-order valence-corrected chi connectivity index (χ4v) is 2.71. The number of halogens is 1. The van der Waals surface area contributed by atoms with Gasteiger partial charge in [0.25, 0.3) is 0 Å². The van der Waals surface area contributed by atoms with E-state index >= 15 is 0 Å². The second-order valence-electron chi connectivity index (χ2n) is 5.42. The number of hydrogen-bond donors (Lipinski definition) is 2. The van der Waals surface area contributed by atoms with Crippen LogP contribution in [0.15, 0.2) is 29.2 Å². The standard InChI is InChI=1S/C15H20ClNO3S/c1-10(21-12-7-5-4-6-11(12)16)13(18)17-9-8-15(2,3)14(19)20/h4-7,10H,8-9H2,1-3H3,(H,17,18)(H,19,20). The van der Waals surface area contributed by atoms with Gasteiger partial charge in [-0.1, -0.05) is 23.7 Å². The predicted molar refractivity (Wildman–Crippen MR) is 85.8 cm³/mol. The molecule has 116 valence electrons. The molecule has 21 heavy (non-hydrogen) atoms. The molecule has 4 nitrogen and oxygen atoms in total. The molecule has 0 aliphatic heterocycles. The van der Waals surface area contributed by atoms with Gasteiger partial charge < -0.3 is 10.4 Å². The van der Waals surface area contributed by atoms with Gasteiger partial charge in [-0.3, -0.25) is 9.59 Å². The molecular formula is C15H20ClNO3S. The molecule has 0 saturated carbocycles. The number of hydrogen-bond acceptors (Lipinski definition) is 3. The molecule has 0 radical (unpaired) electrons. The van der Waals surface area contributed by atoms with Gasteiger partial charge >= 0.3 is 5.97 Å². The summed E-state index contributed by atoms with van der Waals surface area (Å²) in [6.07, 6.45) is 0.386. The average Bonchev–Trinajstić information content (AvgIpc) is 2.40. The predicted octanol–water partition coefficient (Wildman–Crippen LogP) is 3.44. The smallest absolute Gasteiger partial charge is 0.309 e. The molecule has 0 heterocycles. The number of carboxylic acids is 1. The van der Waals surface area contributed by atoms with E-state index in [0.29, 0.717) is 18.0 Å². The Morgan fingerprint density at radius 2 is 2.00 bits per heavy atom. The molecule has 1 aromatic carbocycles. The van der Waals surface area contributed by atoms with Crippen molar-refractivity contribution in [3.63, 3.8) is 0 Å². The van der Waals surface area contributed by atoms with Crippen molar-refractivity contribution in [1.82, 2.24) is 5.32 Å². The third-order valence-corrected chi connectivity index (χ3v) is 4.76. The Morgan fingerprint density at radius 1 is 1.38 bits per heavy atom. The van der Waals surface area contributed by atoms with Crippen LogP contribution in [0.3, 0.4) is 0 Å². The topological polar surface area (TPSA) is 66.4 Å². The molecule has 1 unspecified atom stereocenters. The van der Waals surface area contributed by atoms with Crippen LogP contribution < -0.4 is 5.32 Å². The molecule has 2 N–H and O–H groups in total. The highest BCUT2D eigenvalue weighted by molar-refractivity contribution is 8.00. The maximum absolute atomic E-state index is 12.0. The van der Waals surface area contributed by atoms with Crippen LogP contribution in [0.2, 0.25) is 5.02 Å². The second kappa shape index (κ2) is 7.71. The van der Waals surface area contributed by atoms with Crippen LogP contribution in [0.4, 0.5) is 0 Å². The Kier molecular flexibility index (Phi) is 6.55. The summed E-state index contributed by atoms with van der Waals surface area (Å²) in [4.78, 5) is 23.8. The quantitative estimate of drug-likeness (QED) is 0.752. The largest absolute Gasteiger partial charge is 0.481 e. The maximum atomic E-state index is 12.0. The Bertz CT molecular complexity index is 519.